The first-order valence-corrected chi connectivity index (χ1v) is 5.31. The van der Waals surface area contributed by atoms with Crippen molar-refractivity contribution in [2.45, 2.75) is 20.3 Å². The normalized spacial score (nSPS) is 10.9. The van der Waals surface area contributed by atoms with Crippen LogP contribution in [0.1, 0.15) is 17.7 Å². The summed E-state index contributed by atoms with van der Waals surface area (Å²) >= 11 is 0. The minimum Gasteiger partial charge on any atom is -0.475 e. The molecule has 2 rings (SSSR count). The Kier molecular flexibility index (Phi) is 2.73. The highest BCUT2D eigenvalue weighted by Gasteiger charge is 2.12. The Hall–Kier alpha value is -1.71. The molecule has 0 saturated heterocycles. The molecule has 0 bridgehead atoms. The zero-order valence-corrected chi connectivity index (χ0v) is 9.66. The Bertz CT molecular complexity index is 516. The summed E-state index contributed by atoms with van der Waals surface area (Å²) in [4.78, 5) is 0. The van der Waals surface area contributed by atoms with Crippen LogP contribution in [0, 0.1) is 20.8 Å². The van der Waals surface area contributed by atoms with Gasteiger partial charge in [-0.2, -0.15) is 0 Å². The number of nitrogens with two attached hydrogens (primary N) is 1. The van der Waals surface area contributed by atoms with Gasteiger partial charge in [0.2, 0.25) is 0 Å². The van der Waals surface area contributed by atoms with Crippen molar-refractivity contribution in [2.24, 2.45) is 0 Å². The highest BCUT2D eigenvalue weighted by atomic mass is 16.5. The van der Waals surface area contributed by atoms with E-state index in [1.54, 1.807) is 0 Å². The maximum atomic E-state index is 5.97. The second kappa shape index (κ2) is 4.04. The molecule has 2 aromatic rings. The Labute approximate surface area is 95.0 Å². The van der Waals surface area contributed by atoms with Crippen molar-refractivity contribution in [3.63, 3.8) is 0 Å². The first kappa shape index (κ1) is 10.8. The van der Waals surface area contributed by atoms with Gasteiger partial charge in [0.15, 0.2) is 0 Å². The van der Waals surface area contributed by atoms with E-state index in [1.807, 2.05) is 30.5 Å². The predicted molar refractivity (Wildman–Crippen MR) is 64.5 cm³/mol. The quantitative estimate of drug-likeness (QED) is 0.858. The molecule has 0 aliphatic heterocycles. The fourth-order valence-corrected chi connectivity index (χ4v) is 1.61. The average Bonchev–Trinajstić information content (AvgIpc) is 2.59. The Morgan fingerprint density at radius 1 is 1.44 bits per heavy atom. The van der Waals surface area contributed by atoms with Crippen LogP contribution in [0.3, 0.4) is 0 Å². The fourth-order valence-electron chi connectivity index (χ4n) is 1.61. The topological polar surface area (TPSA) is 52.5 Å². The minimum absolute atomic E-state index is 0.498. The minimum atomic E-state index is 0.498. The number of anilines is 1. The predicted octanol–water partition coefficient (Wildman–Crippen LogP) is 2.14. The van der Waals surface area contributed by atoms with E-state index in [9.17, 15) is 0 Å². The second-order valence-corrected chi connectivity index (χ2v) is 3.82. The molecule has 16 heavy (non-hydrogen) atoms. The number of hydrogen-bond acceptors (Lipinski definition) is 3. The van der Waals surface area contributed by atoms with Crippen molar-refractivity contribution in [1.29, 1.82) is 0 Å². The van der Waals surface area contributed by atoms with Gasteiger partial charge in [0, 0.05) is 5.69 Å². The molecule has 0 fully saturated rings. The van der Waals surface area contributed by atoms with Crippen LogP contribution in [0.25, 0.3) is 5.52 Å². The zero-order valence-electron chi connectivity index (χ0n) is 9.66. The number of nitrogens with zero attached hydrogens (tertiary/aromatic N) is 2. The zero-order chi connectivity index (χ0) is 11.7. The van der Waals surface area contributed by atoms with Gasteiger partial charge in [-0.25, -0.2) is 4.52 Å². The molecule has 1 radical (unpaired) electrons. The fraction of sp³-hybridized carbons (Fsp3) is 0.333. The number of aromatic nitrogens is 2. The van der Waals surface area contributed by atoms with E-state index in [2.05, 4.69) is 12.0 Å². The Morgan fingerprint density at radius 2 is 2.19 bits per heavy atom. The summed E-state index contributed by atoms with van der Waals surface area (Å²) in [7, 11) is 0. The van der Waals surface area contributed by atoms with E-state index in [0.717, 1.165) is 11.2 Å². The highest BCUT2D eigenvalue weighted by Crippen LogP contribution is 2.27. The molecule has 4 heteroatoms. The lowest BCUT2D eigenvalue weighted by Crippen LogP contribution is -1.98. The van der Waals surface area contributed by atoms with Gasteiger partial charge in [-0.05, 0) is 38.8 Å². The third-order valence-corrected chi connectivity index (χ3v) is 2.69. The smallest absolute Gasteiger partial charge is 0.257 e. The number of nitrogen functional groups attached to an aromatic ring is 1. The molecule has 0 aromatic carbocycles. The molecular formula is C12H16N3O. The molecule has 0 aliphatic rings. The maximum absolute atomic E-state index is 5.97. The van der Waals surface area contributed by atoms with E-state index < -0.39 is 0 Å². The molecule has 0 aliphatic carbocycles. The van der Waals surface area contributed by atoms with Gasteiger partial charge >= 0.3 is 0 Å². The number of aryl methyl sites for hydroxylation is 2. The van der Waals surface area contributed by atoms with Crippen LogP contribution in [-0.2, 0) is 0 Å². The largest absolute Gasteiger partial charge is 0.475 e. The Balaban J connectivity index is 2.54. The van der Waals surface area contributed by atoms with Crippen molar-refractivity contribution in [3.05, 3.63) is 30.3 Å². The number of hydrogen-bond donors (Lipinski definition) is 1. The van der Waals surface area contributed by atoms with Crippen molar-refractivity contribution < 1.29 is 4.74 Å². The molecule has 0 spiro atoms. The Morgan fingerprint density at radius 3 is 2.88 bits per heavy atom. The van der Waals surface area contributed by atoms with Gasteiger partial charge in [0.25, 0.3) is 5.88 Å². The van der Waals surface area contributed by atoms with Gasteiger partial charge in [0.05, 0.1) is 12.1 Å². The second-order valence-electron chi connectivity index (χ2n) is 3.82. The third kappa shape index (κ3) is 1.60. The summed E-state index contributed by atoms with van der Waals surface area (Å²) in [6.45, 7) is 8.31. The first-order valence-electron chi connectivity index (χ1n) is 5.31. The molecule has 2 heterocycles. The molecule has 2 N–H and O–H groups in total. The van der Waals surface area contributed by atoms with E-state index in [0.29, 0.717) is 24.6 Å². The standard InChI is InChI=1S/C12H16N3O/c1-4-7-16-12-11(13)10-6-5-8(2)9(3)15(10)14-12/h5-6H,1,4,7,13H2,2-3H3. The lowest BCUT2D eigenvalue weighted by atomic mass is 10.2. The number of fused-ring (bicyclic) bond motifs is 1. The van der Waals surface area contributed by atoms with Gasteiger partial charge in [-0.1, -0.05) is 6.07 Å². The van der Waals surface area contributed by atoms with Crippen LogP contribution in [0.15, 0.2) is 12.1 Å². The van der Waals surface area contributed by atoms with Crippen LogP contribution in [0.2, 0.25) is 0 Å². The van der Waals surface area contributed by atoms with Crippen molar-refractivity contribution in [3.8, 4) is 5.88 Å². The maximum Gasteiger partial charge on any atom is 0.257 e. The van der Waals surface area contributed by atoms with Crippen molar-refractivity contribution in [2.75, 3.05) is 12.3 Å². The summed E-state index contributed by atoms with van der Waals surface area (Å²) in [5, 5.41) is 4.35. The third-order valence-electron chi connectivity index (χ3n) is 2.69. The summed E-state index contributed by atoms with van der Waals surface area (Å²) in [6, 6.07) is 4.00. The molecule has 2 aromatic heterocycles. The summed E-state index contributed by atoms with van der Waals surface area (Å²) < 4.78 is 7.27. The molecule has 0 saturated carbocycles. The summed E-state index contributed by atoms with van der Waals surface area (Å²) in [6.07, 6.45) is 0.700. The van der Waals surface area contributed by atoms with E-state index in [1.165, 1.54) is 5.56 Å². The van der Waals surface area contributed by atoms with Crippen molar-refractivity contribution >= 4 is 11.2 Å². The summed E-state index contributed by atoms with van der Waals surface area (Å²) in [5.74, 6) is 0.498. The van der Waals surface area contributed by atoms with E-state index >= 15 is 0 Å². The molecule has 0 unspecified atom stereocenters. The van der Waals surface area contributed by atoms with Crippen molar-refractivity contribution in [1.82, 2.24) is 9.61 Å². The molecule has 85 valence electrons. The molecule has 4 nitrogen and oxygen atoms in total. The summed E-state index contributed by atoms with van der Waals surface area (Å²) in [5.41, 5.74) is 9.71. The van der Waals surface area contributed by atoms with Gasteiger partial charge in [0.1, 0.15) is 5.69 Å². The van der Waals surface area contributed by atoms with E-state index in [-0.39, 0.29) is 0 Å². The first-order chi connectivity index (χ1) is 7.65. The van der Waals surface area contributed by atoms with Crippen LogP contribution in [0.5, 0.6) is 5.88 Å². The molecular weight excluding hydrogens is 202 g/mol. The van der Waals surface area contributed by atoms with Gasteiger partial charge < -0.3 is 10.5 Å². The monoisotopic (exact) mass is 218 g/mol. The van der Waals surface area contributed by atoms with Crippen LogP contribution in [0.4, 0.5) is 5.69 Å². The lowest BCUT2D eigenvalue weighted by Gasteiger charge is -2.01. The van der Waals surface area contributed by atoms with E-state index in [4.69, 9.17) is 10.5 Å². The van der Waals surface area contributed by atoms with Crippen LogP contribution in [-0.4, -0.2) is 16.2 Å². The van der Waals surface area contributed by atoms with Crippen LogP contribution < -0.4 is 10.5 Å². The molecule has 0 amide bonds. The molecule has 0 atom stereocenters. The number of ether oxygens (including phenoxy) is 1. The number of pyridine rings is 1. The average molecular weight is 218 g/mol. The number of rotatable bonds is 3. The van der Waals surface area contributed by atoms with Gasteiger partial charge in [-0.3, -0.25) is 0 Å². The highest BCUT2D eigenvalue weighted by molar-refractivity contribution is 5.75. The lowest BCUT2D eigenvalue weighted by molar-refractivity contribution is 0.311. The van der Waals surface area contributed by atoms with Gasteiger partial charge in [-0.15, -0.1) is 5.10 Å². The SMILES string of the molecule is [CH2]CCOc1nn2c(C)c(C)ccc2c1N. The van der Waals surface area contributed by atoms with Crippen LogP contribution >= 0.6 is 0 Å².